The minimum Gasteiger partial charge on any atom is -0.340 e. The van der Waals surface area contributed by atoms with E-state index in [-0.39, 0.29) is 16.7 Å². The highest BCUT2D eigenvalue weighted by atomic mass is 32.2. The molecular weight excluding hydrogens is 326 g/mol. The van der Waals surface area contributed by atoms with E-state index in [9.17, 15) is 13.2 Å². The number of amides is 1. The Kier molecular flexibility index (Phi) is 6.77. The van der Waals surface area contributed by atoms with Crippen LogP contribution in [0.25, 0.3) is 0 Å². The standard InChI is InChI=1S/C17H27N3O3S/c1-3-15(2)17(21)20-13-11-19(12-14-20)10-9-18-24(22,23)16-7-5-4-6-8-16/h4-8,15,18H,3,9-14H2,1-2H3. The van der Waals surface area contributed by atoms with E-state index in [0.29, 0.717) is 26.2 Å². The van der Waals surface area contributed by atoms with Crippen molar-refractivity contribution < 1.29 is 13.2 Å². The second-order valence-electron chi connectivity index (χ2n) is 6.19. The summed E-state index contributed by atoms with van der Waals surface area (Å²) < 4.78 is 26.9. The Balaban J connectivity index is 1.74. The van der Waals surface area contributed by atoms with Crippen molar-refractivity contribution in [2.24, 2.45) is 5.92 Å². The molecular formula is C17H27N3O3S. The van der Waals surface area contributed by atoms with Crippen LogP contribution in [0.2, 0.25) is 0 Å². The van der Waals surface area contributed by atoms with E-state index in [1.807, 2.05) is 18.7 Å². The van der Waals surface area contributed by atoms with Gasteiger partial charge in [0.1, 0.15) is 0 Å². The molecule has 24 heavy (non-hydrogen) atoms. The fourth-order valence-corrected chi connectivity index (χ4v) is 3.74. The molecule has 0 aliphatic carbocycles. The van der Waals surface area contributed by atoms with Gasteiger partial charge in [-0.1, -0.05) is 32.0 Å². The fraction of sp³-hybridized carbons (Fsp3) is 0.588. The lowest BCUT2D eigenvalue weighted by Crippen LogP contribution is -2.51. The molecule has 1 aromatic carbocycles. The van der Waals surface area contributed by atoms with Gasteiger partial charge in [0.25, 0.3) is 0 Å². The van der Waals surface area contributed by atoms with Crippen LogP contribution in [0.4, 0.5) is 0 Å². The van der Waals surface area contributed by atoms with Gasteiger partial charge >= 0.3 is 0 Å². The molecule has 7 heteroatoms. The molecule has 0 bridgehead atoms. The normalized spacial score (nSPS) is 17.7. The molecule has 1 amide bonds. The molecule has 1 N–H and O–H groups in total. The minimum atomic E-state index is -3.44. The molecule has 0 saturated carbocycles. The van der Waals surface area contributed by atoms with Crippen LogP contribution in [0.5, 0.6) is 0 Å². The number of carbonyl (C=O) groups excluding carboxylic acids is 1. The monoisotopic (exact) mass is 353 g/mol. The highest BCUT2D eigenvalue weighted by Gasteiger charge is 2.24. The summed E-state index contributed by atoms with van der Waals surface area (Å²) in [5.74, 6) is 0.302. The van der Waals surface area contributed by atoms with Gasteiger partial charge in [-0.3, -0.25) is 9.69 Å². The molecule has 0 spiro atoms. The molecule has 1 fully saturated rings. The van der Waals surface area contributed by atoms with Gasteiger partial charge in [-0.05, 0) is 18.6 Å². The quantitative estimate of drug-likeness (QED) is 0.798. The Morgan fingerprint density at radius 3 is 2.38 bits per heavy atom. The molecule has 1 saturated heterocycles. The van der Waals surface area contributed by atoms with Crippen molar-refractivity contribution in [1.29, 1.82) is 0 Å². The van der Waals surface area contributed by atoms with Crippen LogP contribution in [0.1, 0.15) is 20.3 Å². The van der Waals surface area contributed by atoms with Crippen LogP contribution in [0.15, 0.2) is 35.2 Å². The first kappa shape index (κ1) is 18.9. The third kappa shape index (κ3) is 5.03. The van der Waals surface area contributed by atoms with Gasteiger partial charge in [0.2, 0.25) is 15.9 Å². The first-order chi connectivity index (χ1) is 11.4. The molecule has 1 aliphatic rings. The van der Waals surface area contributed by atoms with Gasteiger partial charge in [-0.2, -0.15) is 0 Å². The number of carbonyl (C=O) groups is 1. The molecule has 1 unspecified atom stereocenters. The van der Waals surface area contributed by atoms with Crippen LogP contribution in [-0.4, -0.2) is 63.4 Å². The van der Waals surface area contributed by atoms with Crippen molar-refractivity contribution in [3.8, 4) is 0 Å². The predicted octanol–water partition coefficient (Wildman–Crippen LogP) is 1.16. The Bertz CT molecular complexity index is 626. The summed E-state index contributed by atoms with van der Waals surface area (Å²) in [4.78, 5) is 16.5. The Labute approximate surface area is 144 Å². The molecule has 1 aliphatic heterocycles. The first-order valence-corrected chi connectivity index (χ1v) is 9.98. The molecule has 2 rings (SSSR count). The Morgan fingerprint density at radius 2 is 1.79 bits per heavy atom. The SMILES string of the molecule is CCC(C)C(=O)N1CCN(CCNS(=O)(=O)c2ccccc2)CC1. The summed E-state index contributed by atoms with van der Waals surface area (Å²) in [5.41, 5.74) is 0. The van der Waals surface area contributed by atoms with E-state index < -0.39 is 10.0 Å². The van der Waals surface area contributed by atoms with Gasteiger partial charge in [0.05, 0.1) is 4.90 Å². The lowest BCUT2D eigenvalue weighted by molar-refractivity contribution is -0.136. The predicted molar refractivity (Wildman–Crippen MR) is 94.1 cm³/mol. The third-order valence-electron chi connectivity index (χ3n) is 4.49. The first-order valence-electron chi connectivity index (χ1n) is 8.50. The zero-order valence-electron chi connectivity index (χ0n) is 14.4. The maximum absolute atomic E-state index is 12.2. The maximum Gasteiger partial charge on any atom is 0.240 e. The van der Waals surface area contributed by atoms with Gasteiger partial charge in [-0.15, -0.1) is 0 Å². The maximum atomic E-state index is 12.2. The van der Waals surface area contributed by atoms with E-state index in [4.69, 9.17) is 0 Å². The molecule has 1 heterocycles. The van der Waals surface area contributed by atoms with Crippen molar-refractivity contribution in [2.75, 3.05) is 39.3 Å². The van der Waals surface area contributed by atoms with Crippen molar-refractivity contribution >= 4 is 15.9 Å². The number of rotatable bonds is 7. The number of hydrogen-bond donors (Lipinski definition) is 1. The number of benzene rings is 1. The van der Waals surface area contributed by atoms with Gasteiger partial charge in [-0.25, -0.2) is 13.1 Å². The third-order valence-corrected chi connectivity index (χ3v) is 5.97. The van der Waals surface area contributed by atoms with E-state index >= 15 is 0 Å². The Hall–Kier alpha value is -1.44. The van der Waals surface area contributed by atoms with E-state index in [0.717, 1.165) is 19.5 Å². The molecule has 1 aromatic rings. The van der Waals surface area contributed by atoms with Crippen LogP contribution < -0.4 is 4.72 Å². The number of nitrogens with one attached hydrogen (secondary N) is 1. The smallest absolute Gasteiger partial charge is 0.240 e. The van der Waals surface area contributed by atoms with Gasteiger partial charge in [0, 0.05) is 45.2 Å². The average Bonchev–Trinajstić information content (AvgIpc) is 2.61. The highest BCUT2D eigenvalue weighted by Crippen LogP contribution is 2.10. The number of piperazine rings is 1. The Morgan fingerprint density at radius 1 is 1.17 bits per heavy atom. The highest BCUT2D eigenvalue weighted by molar-refractivity contribution is 7.89. The molecule has 1 atom stereocenters. The summed E-state index contributed by atoms with van der Waals surface area (Å²) >= 11 is 0. The fourth-order valence-electron chi connectivity index (χ4n) is 2.70. The van der Waals surface area contributed by atoms with Gasteiger partial charge in [0.15, 0.2) is 0 Å². The average molecular weight is 353 g/mol. The van der Waals surface area contributed by atoms with Gasteiger partial charge < -0.3 is 4.90 Å². The minimum absolute atomic E-state index is 0.0780. The summed E-state index contributed by atoms with van der Waals surface area (Å²) in [6, 6.07) is 8.38. The van der Waals surface area contributed by atoms with Crippen molar-refractivity contribution in [3.63, 3.8) is 0 Å². The largest absolute Gasteiger partial charge is 0.340 e. The van der Waals surface area contributed by atoms with Crippen LogP contribution in [0, 0.1) is 5.92 Å². The van der Waals surface area contributed by atoms with Crippen LogP contribution >= 0.6 is 0 Å². The lowest BCUT2D eigenvalue weighted by atomic mass is 10.1. The van der Waals surface area contributed by atoms with Crippen LogP contribution in [0.3, 0.4) is 0 Å². The summed E-state index contributed by atoms with van der Waals surface area (Å²) in [7, 11) is -3.44. The summed E-state index contributed by atoms with van der Waals surface area (Å²) in [6.07, 6.45) is 0.861. The number of hydrogen-bond acceptors (Lipinski definition) is 4. The second kappa shape index (κ2) is 8.60. The number of sulfonamides is 1. The molecule has 134 valence electrons. The lowest BCUT2D eigenvalue weighted by Gasteiger charge is -2.35. The van der Waals surface area contributed by atoms with Crippen molar-refractivity contribution in [3.05, 3.63) is 30.3 Å². The van der Waals surface area contributed by atoms with Crippen molar-refractivity contribution in [2.45, 2.75) is 25.2 Å². The van der Waals surface area contributed by atoms with Crippen molar-refractivity contribution in [1.82, 2.24) is 14.5 Å². The summed E-state index contributed by atoms with van der Waals surface area (Å²) in [5, 5.41) is 0. The van der Waals surface area contributed by atoms with E-state index in [1.165, 1.54) is 0 Å². The molecule has 0 radical (unpaired) electrons. The van der Waals surface area contributed by atoms with Crippen LogP contribution in [-0.2, 0) is 14.8 Å². The van der Waals surface area contributed by atoms with E-state index in [1.54, 1.807) is 30.3 Å². The zero-order chi connectivity index (χ0) is 17.6. The summed E-state index contributed by atoms with van der Waals surface area (Å²) in [6.45, 7) is 8.02. The molecule has 0 aromatic heterocycles. The zero-order valence-corrected chi connectivity index (χ0v) is 15.3. The topological polar surface area (TPSA) is 69.7 Å². The van der Waals surface area contributed by atoms with E-state index in [2.05, 4.69) is 9.62 Å². The number of nitrogens with zero attached hydrogens (tertiary/aromatic N) is 2. The molecule has 6 nitrogen and oxygen atoms in total. The second-order valence-corrected chi connectivity index (χ2v) is 7.95.